The average Bonchev–Trinajstić information content (AvgIpc) is 3.63. The summed E-state index contributed by atoms with van der Waals surface area (Å²) in [4.78, 5) is 31.6. The van der Waals surface area contributed by atoms with Gasteiger partial charge in [-0.3, -0.25) is 14.5 Å². The number of halogens is 6. The standard InChI is InChI=1S/C33H26F6N2O2S/c34-32(35,36)22-11-7-19(8-12-22)16-21-4-3-15-30(28(21)42)27(20-9-13-23(14-10-20)33(37,38)39)26-17-44-18-41(26)31(30)24-5-1-2-6-25(24)40-29(31)43/h1-2,5-14,16,26-27H,3-4,15,17-18H2,(H,40,43)/b21-16+/t26-,27-,30-,31-/m0/s1. The van der Waals surface area contributed by atoms with Crippen molar-refractivity contribution in [2.24, 2.45) is 5.41 Å². The second-order valence-electron chi connectivity index (χ2n) is 11.8. The van der Waals surface area contributed by atoms with Crippen LogP contribution in [0, 0.1) is 5.41 Å². The van der Waals surface area contributed by atoms with Crippen LogP contribution >= 0.6 is 11.8 Å². The van der Waals surface area contributed by atoms with Gasteiger partial charge in [0.15, 0.2) is 5.78 Å². The van der Waals surface area contributed by atoms with Crippen molar-refractivity contribution in [2.75, 3.05) is 16.9 Å². The Bertz CT molecular complexity index is 1680. The van der Waals surface area contributed by atoms with Gasteiger partial charge < -0.3 is 5.32 Å². The van der Waals surface area contributed by atoms with Crippen molar-refractivity contribution in [2.45, 2.75) is 49.1 Å². The molecule has 0 aromatic heterocycles. The van der Waals surface area contributed by atoms with E-state index in [1.54, 1.807) is 30.0 Å². The lowest BCUT2D eigenvalue weighted by Gasteiger charge is -2.49. The highest BCUT2D eigenvalue weighted by Crippen LogP contribution is 2.70. The summed E-state index contributed by atoms with van der Waals surface area (Å²) in [6, 6.07) is 16.4. The Morgan fingerprint density at radius 3 is 2.16 bits per heavy atom. The first-order chi connectivity index (χ1) is 20.9. The van der Waals surface area contributed by atoms with Crippen molar-refractivity contribution in [3.8, 4) is 0 Å². The van der Waals surface area contributed by atoms with E-state index in [9.17, 15) is 31.1 Å². The molecule has 3 aromatic rings. The van der Waals surface area contributed by atoms with Gasteiger partial charge in [-0.15, -0.1) is 11.8 Å². The zero-order valence-corrected chi connectivity index (χ0v) is 24.0. The quantitative estimate of drug-likeness (QED) is 0.232. The van der Waals surface area contributed by atoms with Gasteiger partial charge in [0, 0.05) is 34.8 Å². The minimum absolute atomic E-state index is 0.292. The van der Waals surface area contributed by atoms with Crippen LogP contribution in [0.15, 0.2) is 78.4 Å². The number of thioether (sulfide) groups is 1. The molecule has 11 heteroatoms. The molecule has 3 aromatic carbocycles. The molecule has 7 rings (SSSR count). The number of benzene rings is 3. The maximum atomic E-state index is 15.1. The van der Waals surface area contributed by atoms with Gasteiger partial charge >= 0.3 is 12.4 Å². The Morgan fingerprint density at radius 1 is 0.864 bits per heavy atom. The first-order valence-corrected chi connectivity index (χ1v) is 15.4. The van der Waals surface area contributed by atoms with Gasteiger partial charge in [0.1, 0.15) is 5.54 Å². The summed E-state index contributed by atoms with van der Waals surface area (Å²) in [6.07, 6.45) is -6.25. The molecule has 3 heterocycles. The number of amides is 1. The Kier molecular flexibility index (Phi) is 6.61. The van der Waals surface area contributed by atoms with Gasteiger partial charge in [-0.2, -0.15) is 26.3 Å². The van der Waals surface area contributed by atoms with Crippen molar-refractivity contribution in [3.05, 3.63) is 106 Å². The summed E-state index contributed by atoms with van der Waals surface area (Å²) < 4.78 is 80.2. The number of carbonyl (C=O) groups is 2. The zero-order valence-electron chi connectivity index (χ0n) is 23.1. The molecule has 3 aliphatic heterocycles. The molecule has 3 fully saturated rings. The zero-order chi connectivity index (χ0) is 31.1. The van der Waals surface area contributed by atoms with Crippen LogP contribution in [0.4, 0.5) is 32.0 Å². The molecular formula is C33H26F6N2O2S. The van der Waals surface area contributed by atoms with E-state index in [2.05, 4.69) is 10.2 Å². The van der Waals surface area contributed by atoms with Gasteiger partial charge in [-0.05, 0) is 72.4 Å². The van der Waals surface area contributed by atoms with Crippen LogP contribution in [-0.4, -0.2) is 34.3 Å². The lowest BCUT2D eigenvalue weighted by molar-refractivity contribution is -0.145. The number of hydrogen-bond donors (Lipinski definition) is 1. The summed E-state index contributed by atoms with van der Waals surface area (Å²) in [7, 11) is 0. The molecule has 4 aliphatic rings. The highest BCUT2D eigenvalue weighted by atomic mass is 32.2. The molecule has 2 saturated heterocycles. The molecule has 0 unspecified atom stereocenters. The number of nitrogens with one attached hydrogen (secondary N) is 1. The number of rotatable bonds is 2. The number of allylic oxidation sites excluding steroid dienone is 1. The predicted molar refractivity (Wildman–Crippen MR) is 155 cm³/mol. The van der Waals surface area contributed by atoms with Crippen molar-refractivity contribution in [1.29, 1.82) is 0 Å². The number of hydrogen-bond acceptors (Lipinski definition) is 4. The van der Waals surface area contributed by atoms with Crippen LogP contribution in [-0.2, 0) is 27.5 Å². The van der Waals surface area contributed by atoms with Crippen molar-refractivity contribution < 1.29 is 35.9 Å². The van der Waals surface area contributed by atoms with Crippen LogP contribution in [0.25, 0.3) is 6.08 Å². The molecule has 2 spiro atoms. The maximum Gasteiger partial charge on any atom is 0.416 e. The third kappa shape index (κ3) is 4.04. The number of fused-ring (bicyclic) bond motifs is 5. The number of nitrogens with zero attached hydrogens (tertiary/aromatic N) is 1. The monoisotopic (exact) mass is 628 g/mol. The van der Waals surface area contributed by atoms with E-state index < -0.39 is 40.4 Å². The van der Waals surface area contributed by atoms with Crippen LogP contribution in [0.2, 0.25) is 0 Å². The Labute approximate surface area is 253 Å². The molecule has 228 valence electrons. The number of anilines is 1. The molecule has 1 aliphatic carbocycles. The Hall–Kier alpha value is -3.57. The summed E-state index contributed by atoms with van der Waals surface area (Å²) in [5, 5.41) is 3.00. The summed E-state index contributed by atoms with van der Waals surface area (Å²) in [5.74, 6) is -0.211. The van der Waals surface area contributed by atoms with Crippen LogP contribution in [0.5, 0.6) is 0 Å². The van der Waals surface area contributed by atoms with Gasteiger partial charge in [0.2, 0.25) is 0 Å². The topological polar surface area (TPSA) is 49.4 Å². The Morgan fingerprint density at radius 2 is 1.50 bits per heavy atom. The SMILES string of the molecule is O=C1Nc2ccccc2[C@]12N1CSC[C@H]1[C@H](c1ccc(C(F)(F)F)cc1)[C@]21CCC/C(=C\c2ccc(C(F)(F)F)cc2)C1=O. The number of Topliss-reactive ketones (excluding diaryl/α,β-unsaturated/α-hetero) is 1. The van der Waals surface area contributed by atoms with E-state index in [0.717, 1.165) is 24.3 Å². The largest absolute Gasteiger partial charge is 0.416 e. The van der Waals surface area contributed by atoms with E-state index in [1.807, 2.05) is 12.1 Å². The van der Waals surface area contributed by atoms with E-state index in [4.69, 9.17) is 0 Å². The fourth-order valence-corrected chi connectivity index (χ4v) is 9.37. The van der Waals surface area contributed by atoms with Gasteiger partial charge in [0.05, 0.1) is 16.5 Å². The van der Waals surface area contributed by atoms with Crippen LogP contribution in [0.1, 0.15) is 53.0 Å². The van der Waals surface area contributed by atoms with Crippen molar-refractivity contribution >= 4 is 35.2 Å². The molecule has 44 heavy (non-hydrogen) atoms. The third-order valence-electron chi connectivity index (χ3n) is 9.70. The highest BCUT2D eigenvalue weighted by molar-refractivity contribution is 7.99. The molecule has 1 saturated carbocycles. The lowest BCUT2D eigenvalue weighted by atomic mass is 9.53. The summed E-state index contributed by atoms with van der Waals surface area (Å²) >= 11 is 1.61. The molecule has 1 N–H and O–H groups in total. The second kappa shape index (κ2) is 9.97. The predicted octanol–water partition coefficient (Wildman–Crippen LogP) is 7.87. The Balaban J connectivity index is 1.43. The van der Waals surface area contributed by atoms with E-state index in [-0.39, 0.29) is 17.7 Å². The van der Waals surface area contributed by atoms with Gasteiger partial charge in [-0.25, -0.2) is 0 Å². The fourth-order valence-electron chi connectivity index (χ4n) is 8.07. The average molecular weight is 629 g/mol. The van der Waals surface area contributed by atoms with Crippen molar-refractivity contribution in [1.82, 2.24) is 4.90 Å². The minimum Gasteiger partial charge on any atom is -0.324 e. The lowest BCUT2D eigenvalue weighted by Crippen LogP contribution is -2.60. The normalized spacial score (nSPS) is 29.5. The molecule has 4 nitrogen and oxygen atoms in total. The van der Waals surface area contributed by atoms with Crippen LogP contribution in [0.3, 0.4) is 0 Å². The summed E-state index contributed by atoms with van der Waals surface area (Å²) in [6.45, 7) is 0. The van der Waals surface area contributed by atoms with E-state index in [1.165, 1.54) is 24.3 Å². The smallest absolute Gasteiger partial charge is 0.324 e. The first kappa shape index (κ1) is 29.2. The molecule has 4 atom stereocenters. The van der Waals surface area contributed by atoms with Crippen molar-refractivity contribution in [3.63, 3.8) is 0 Å². The number of carbonyl (C=O) groups excluding carboxylic acids is 2. The van der Waals surface area contributed by atoms with E-state index in [0.29, 0.717) is 58.8 Å². The molecule has 0 bridgehead atoms. The third-order valence-corrected chi connectivity index (χ3v) is 10.7. The van der Waals surface area contributed by atoms with Crippen LogP contribution < -0.4 is 5.32 Å². The molecular weight excluding hydrogens is 602 g/mol. The number of ketones is 1. The van der Waals surface area contributed by atoms with Gasteiger partial charge in [0.25, 0.3) is 5.91 Å². The fraction of sp³-hybridized carbons (Fsp3) is 0.333. The highest BCUT2D eigenvalue weighted by Gasteiger charge is 2.77. The molecule has 1 amide bonds. The molecule has 0 radical (unpaired) electrons. The first-order valence-electron chi connectivity index (χ1n) is 14.2. The maximum absolute atomic E-state index is 15.1. The van der Waals surface area contributed by atoms with E-state index >= 15 is 4.79 Å². The second-order valence-corrected chi connectivity index (χ2v) is 12.8. The number of para-hydroxylation sites is 1. The minimum atomic E-state index is -4.54. The summed E-state index contributed by atoms with van der Waals surface area (Å²) in [5.41, 5.74) is -1.78. The number of alkyl halides is 6. The van der Waals surface area contributed by atoms with Gasteiger partial charge in [-0.1, -0.05) is 42.5 Å².